The molecule has 2 aromatic rings. The molecule has 1 fully saturated rings. The summed E-state index contributed by atoms with van der Waals surface area (Å²) in [7, 11) is -3.74. The normalized spacial score (nSPS) is 15.7. The van der Waals surface area contributed by atoms with Gasteiger partial charge in [0.1, 0.15) is 5.75 Å². The predicted molar refractivity (Wildman–Crippen MR) is 106 cm³/mol. The molecule has 9 heteroatoms. The topological polar surface area (TPSA) is 84.9 Å². The van der Waals surface area contributed by atoms with Gasteiger partial charge in [-0.05, 0) is 55.5 Å². The lowest BCUT2D eigenvalue weighted by molar-refractivity contribution is -0.142. The molecule has 0 bridgehead atoms. The fourth-order valence-electron chi connectivity index (χ4n) is 2.72. The summed E-state index contributed by atoms with van der Waals surface area (Å²) in [5.41, 5.74) is 0.412. The number of hydrogen-bond acceptors (Lipinski definition) is 5. The van der Waals surface area contributed by atoms with Crippen molar-refractivity contribution in [2.75, 3.05) is 31.0 Å². The molecule has 1 heterocycles. The highest BCUT2D eigenvalue weighted by atomic mass is 35.5. The van der Waals surface area contributed by atoms with Gasteiger partial charge in [0, 0.05) is 23.8 Å². The molecule has 1 aliphatic rings. The Bertz CT molecular complexity index is 910. The van der Waals surface area contributed by atoms with Gasteiger partial charge in [0.05, 0.1) is 18.1 Å². The van der Waals surface area contributed by atoms with Gasteiger partial charge < -0.3 is 14.4 Å². The summed E-state index contributed by atoms with van der Waals surface area (Å²) in [5.74, 6) is 0.295. The van der Waals surface area contributed by atoms with Gasteiger partial charge >= 0.3 is 0 Å². The predicted octanol–water partition coefficient (Wildman–Crippen LogP) is 2.77. The third kappa shape index (κ3) is 5.15. The Balaban J connectivity index is 1.63. The number of nitrogens with one attached hydrogen (secondary N) is 1. The molecule has 1 N–H and O–H groups in total. The van der Waals surface area contributed by atoms with Gasteiger partial charge in [-0.15, -0.1) is 0 Å². The summed E-state index contributed by atoms with van der Waals surface area (Å²) in [6.45, 7) is 3.79. The van der Waals surface area contributed by atoms with Crippen molar-refractivity contribution in [3.8, 4) is 5.75 Å². The number of benzene rings is 2. The second kappa shape index (κ2) is 8.81. The molecule has 3 rings (SSSR count). The summed E-state index contributed by atoms with van der Waals surface area (Å²) in [5, 5.41) is 0.519. The smallest absolute Gasteiger partial charge is 0.263 e. The number of morpholine rings is 1. The van der Waals surface area contributed by atoms with Crippen LogP contribution in [0.1, 0.15) is 6.92 Å². The van der Waals surface area contributed by atoms with Gasteiger partial charge in [-0.1, -0.05) is 11.6 Å². The number of carbonyl (C=O) groups excluding carboxylic acids is 1. The fraction of sp³-hybridized carbons (Fsp3) is 0.316. The number of carbonyl (C=O) groups is 1. The minimum atomic E-state index is -3.74. The van der Waals surface area contributed by atoms with Crippen LogP contribution in [0.4, 0.5) is 5.69 Å². The second-order valence-electron chi connectivity index (χ2n) is 6.28. The minimum Gasteiger partial charge on any atom is -0.481 e. The van der Waals surface area contributed by atoms with Gasteiger partial charge in [0.2, 0.25) is 0 Å². The number of amides is 1. The van der Waals surface area contributed by atoms with Gasteiger partial charge in [-0.25, -0.2) is 8.42 Å². The number of ether oxygens (including phenoxy) is 2. The van der Waals surface area contributed by atoms with Crippen LogP contribution in [0.5, 0.6) is 5.75 Å². The lowest BCUT2D eigenvalue weighted by Gasteiger charge is -2.29. The summed E-state index contributed by atoms with van der Waals surface area (Å²) in [6.07, 6.45) is -0.673. The van der Waals surface area contributed by atoms with Crippen LogP contribution in [0, 0.1) is 0 Å². The second-order valence-corrected chi connectivity index (χ2v) is 8.40. The Morgan fingerprint density at radius 2 is 1.71 bits per heavy atom. The zero-order valence-corrected chi connectivity index (χ0v) is 16.9. The highest BCUT2D eigenvalue weighted by Gasteiger charge is 2.24. The minimum absolute atomic E-state index is 0.0851. The molecule has 7 nitrogen and oxygen atoms in total. The monoisotopic (exact) mass is 424 g/mol. The standard InChI is InChI=1S/C19H21ClN2O5S/c1-14(19(23)22-10-12-26-13-11-22)27-17-6-8-18(9-7-17)28(24,25)21-16-4-2-15(20)3-5-16/h2-9,14,21H,10-13H2,1H3/t14-/m1/s1. The molecule has 1 saturated heterocycles. The number of anilines is 1. The number of sulfonamides is 1. The van der Waals surface area contributed by atoms with E-state index in [0.29, 0.717) is 42.8 Å². The van der Waals surface area contributed by atoms with Crippen LogP contribution in [-0.2, 0) is 19.6 Å². The first-order valence-electron chi connectivity index (χ1n) is 8.77. The average molecular weight is 425 g/mol. The summed E-state index contributed by atoms with van der Waals surface area (Å²) in [4.78, 5) is 14.2. The van der Waals surface area contributed by atoms with Crippen LogP contribution in [0.3, 0.4) is 0 Å². The molecular weight excluding hydrogens is 404 g/mol. The third-order valence-electron chi connectivity index (χ3n) is 4.21. The number of nitrogens with zero attached hydrogens (tertiary/aromatic N) is 1. The number of halogens is 1. The van der Waals surface area contributed by atoms with Gasteiger partial charge in [0.25, 0.3) is 15.9 Å². The van der Waals surface area contributed by atoms with E-state index in [-0.39, 0.29) is 10.8 Å². The lowest BCUT2D eigenvalue weighted by atomic mass is 10.3. The molecule has 0 saturated carbocycles. The van der Waals surface area contributed by atoms with Crippen molar-refractivity contribution in [1.82, 2.24) is 4.90 Å². The maximum atomic E-state index is 12.5. The molecular formula is C19H21ClN2O5S. The molecule has 1 amide bonds. The summed E-state index contributed by atoms with van der Waals surface area (Å²) < 4.78 is 38.3. The van der Waals surface area contributed by atoms with Crippen molar-refractivity contribution in [1.29, 1.82) is 0 Å². The Morgan fingerprint density at radius 3 is 2.32 bits per heavy atom. The van der Waals surface area contributed by atoms with Crippen molar-refractivity contribution in [2.45, 2.75) is 17.9 Å². The van der Waals surface area contributed by atoms with Gasteiger partial charge in [0.15, 0.2) is 6.10 Å². The zero-order chi connectivity index (χ0) is 20.1. The molecule has 0 aliphatic carbocycles. The summed E-state index contributed by atoms with van der Waals surface area (Å²) >= 11 is 5.81. The molecule has 150 valence electrons. The average Bonchev–Trinajstić information content (AvgIpc) is 2.70. The van der Waals surface area contributed by atoms with Crippen molar-refractivity contribution >= 4 is 33.2 Å². The highest BCUT2D eigenvalue weighted by Crippen LogP contribution is 2.21. The first kappa shape index (κ1) is 20.4. The first-order valence-corrected chi connectivity index (χ1v) is 10.6. The quantitative estimate of drug-likeness (QED) is 0.770. The van der Waals surface area contributed by atoms with E-state index in [1.165, 1.54) is 24.3 Å². The SMILES string of the molecule is C[C@@H](Oc1ccc(S(=O)(=O)Nc2ccc(Cl)cc2)cc1)C(=O)N1CCOCC1. The van der Waals surface area contributed by atoms with E-state index < -0.39 is 16.1 Å². The number of rotatable bonds is 6. The van der Waals surface area contributed by atoms with Crippen LogP contribution in [0.2, 0.25) is 5.02 Å². The van der Waals surface area contributed by atoms with Gasteiger partial charge in [-0.2, -0.15) is 0 Å². The molecule has 28 heavy (non-hydrogen) atoms. The van der Waals surface area contributed by atoms with Crippen LogP contribution in [0.25, 0.3) is 0 Å². The van der Waals surface area contributed by atoms with E-state index in [4.69, 9.17) is 21.1 Å². The van der Waals surface area contributed by atoms with E-state index in [9.17, 15) is 13.2 Å². The lowest BCUT2D eigenvalue weighted by Crippen LogP contribution is -2.46. The molecule has 2 aromatic carbocycles. The van der Waals surface area contributed by atoms with Crippen LogP contribution in [0.15, 0.2) is 53.4 Å². The Kier molecular flexibility index (Phi) is 6.43. The maximum absolute atomic E-state index is 12.5. The van der Waals surface area contributed by atoms with Crippen molar-refractivity contribution in [2.24, 2.45) is 0 Å². The Labute approximate surface area is 169 Å². The zero-order valence-electron chi connectivity index (χ0n) is 15.3. The molecule has 0 aromatic heterocycles. The molecule has 0 spiro atoms. The van der Waals surface area contributed by atoms with Gasteiger partial charge in [-0.3, -0.25) is 9.52 Å². The molecule has 0 unspecified atom stereocenters. The van der Waals surface area contributed by atoms with Crippen molar-refractivity contribution < 1.29 is 22.7 Å². The number of hydrogen-bond donors (Lipinski definition) is 1. The fourth-order valence-corrected chi connectivity index (χ4v) is 3.91. The van der Waals surface area contributed by atoms with E-state index in [1.54, 1.807) is 36.1 Å². The van der Waals surface area contributed by atoms with Crippen molar-refractivity contribution in [3.63, 3.8) is 0 Å². The highest BCUT2D eigenvalue weighted by molar-refractivity contribution is 7.92. The maximum Gasteiger partial charge on any atom is 0.263 e. The summed E-state index contributed by atoms with van der Waals surface area (Å²) in [6, 6.07) is 12.3. The molecule has 0 radical (unpaired) electrons. The third-order valence-corrected chi connectivity index (χ3v) is 5.86. The largest absolute Gasteiger partial charge is 0.481 e. The van der Waals surface area contributed by atoms with E-state index in [2.05, 4.69) is 4.72 Å². The van der Waals surface area contributed by atoms with Crippen molar-refractivity contribution in [3.05, 3.63) is 53.6 Å². The van der Waals surface area contributed by atoms with E-state index in [0.717, 1.165) is 0 Å². The van der Waals surface area contributed by atoms with E-state index >= 15 is 0 Å². The van der Waals surface area contributed by atoms with Crippen LogP contribution < -0.4 is 9.46 Å². The first-order chi connectivity index (χ1) is 13.3. The van der Waals surface area contributed by atoms with Crippen LogP contribution in [-0.4, -0.2) is 51.6 Å². The van der Waals surface area contributed by atoms with Crippen LogP contribution >= 0.6 is 11.6 Å². The van der Waals surface area contributed by atoms with E-state index in [1.807, 2.05) is 0 Å². The molecule has 1 atom stereocenters. The molecule has 1 aliphatic heterocycles. The Hall–Kier alpha value is -2.29. The Morgan fingerprint density at radius 1 is 1.11 bits per heavy atom.